The van der Waals surface area contributed by atoms with E-state index in [0.29, 0.717) is 6.42 Å². The summed E-state index contributed by atoms with van der Waals surface area (Å²) < 4.78 is 0. The molecule has 2 rings (SSSR count). The Labute approximate surface area is 104 Å². The third-order valence-electron chi connectivity index (χ3n) is 3.83. The molecular weight excluding hydrogens is 210 g/mol. The Balaban J connectivity index is 2.14. The van der Waals surface area contributed by atoms with Crippen molar-refractivity contribution in [2.75, 3.05) is 0 Å². The van der Waals surface area contributed by atoms with Crippen molar-refractivity contribution < 1.29 is 5.11 Å². The second-order valence-corrected chi connectivity index (χ2v) is 6.13. The topological polar surface area (TPSA) is 46.2 Å². The lowest BCUT2D eigenvalue weighted by atomic mass is 9.88. The maximum Gasteiger partial charge on any atom is 0.0631 e. The number of benzene rings is 1. The summed E-state index contributed by atoms with van der Waals surface area (Å²) in [6, 6.07) is 8.82. The number of nitrogens with two attached hydrogens (primary N) is 1. The van der Waals surface area contributed by atoms with Crippen molar-refractivity contribution in [2.24, 2.45) is 5.73 Å². The summed E-state index contributed by atoms with van der Waals surface area (Å²) in [7, 11) is 0. The van der Waals surface area contributed by atoms with Crippen molar-refractivity contribution in [3.8, 4) is 0 Å². The van der Waals surface area contributed by atoms with E-state index in [9.17, 15) is 5.11 Å². The Bertz CT molecular complexity index is 382. The van der Waals surface area contributed by atoms with E-state index >= 15 is 0 Å². The van der Waals surface area contributed by atoms with Gasteiger partial charge in [0.25, 0.3) is 0 Å². The highest BCUT2D eigenvalue weighted by atomic mass is 16.3. The zero-order chi connectivity index (χ0) is 12.7. The summed E-state index contributed by atoms with van der Waals surface area (Å²) in [4.78, 5) is 0. The first-order chi connectivity index (χ1) is 7.83. The molecule has 1 aliphatic rings. The predicted octanol–water partition coefficient (Wildman–Crippen LogP) is 2.38. The number of rotatable bonds is 4. The van der Waals surface area contributed by atoms with Crippen molar-refractivity contribution in [3.05, 3.63) is 35.4 Å². The fourth-order valence-electron chi connectivity index (χ4n) is 2.60. The fourth-order valence-corrected chi connectivity index (χ4v) is 2.60. The lowest BCUT2D eigenvalue weighted by molar-refractivity contribution is 0.0810. The molecule has 2 nitrogen and oxygen atoms in total. The van der Waals surface area contributed by atoms with E-state index in [-0.39, 0.29) is 11.5 Å². The number of hydrogen-bond donors (Lipinski definition) is 2. The quantitative estimate of drug-likeness (QED) is 0.838. The zero-order valence-electron chi connectivity index (χ0n) is 11.0. The Hall–Kier alpha value is -0.860. The molecule has 2 heteroatoms. The molecule has 0 aromatic heterocycles. The molecule has 1 unspecified atom stereocenters. The van der Waals surface area contributed by atoms with Crippen LogP contribution in [0.2, 0.25) is 0 Å². The van der Waals surface area contributed by atoms with Crippen molar-refractivity contribution in [2.45, 2.75) is 57.1 Å². The van der Waals surface area contributed by atoms with Crippen LogP contribution in [0.3, 0.4) is 0 Å². The van der Waals surface area contributed by atoms with Gasteiger partial charge in [-0.2, -0.15) is 0 Å². The molecule has 1 aromatic carbocycles. The Morgan fingerprint density at radius 3 is 2.18 bits per heavy atom. The van der Waals surface area contributed by atoms with E-state index in [4.69, 9.17) is 5.73 Å². The molecule has 0 heterocycles. The molecule has 0 aliphatic heterocycles. The third-order valence-corrected chi connectivity index (χ3v) is 3.83. The lowest BCUT2D eigenvalue weighted by Gasteiger charge is -2.21. The van der Waals surface area contributed by atoms with Crippen LogP contribution in [0.4, 0.5) is 0 Å². The van der Waals surface area contributed by atoms with Crippen molar-refractivity contribution in [1.29, 1.82) is 0 Å². The molecule has 17 heavy (non-hydrogen) atoms. The van der Waals surface area contributed by atoms with Gasteiger partial charge >= 0.3 is 0 Å². The van der Waals surface area contributed by atoms with Crippen molar-refractivity contribution >= 4 is 0 Å². The van der Waals surface area contributed by atoms with Crippen LogP contribution in [-0.2, 0) is 11.8 Å². The molecule has 0 spiro atoms. The van der Waals surface area contributed by atoms with Crippen LogP contribution in [0.25, 0.3) is 0 Å². The van der Waals surface area contributed by atoms with E-state index in [1.807, 2.05) is 13.8 Å². The molecular formula is C15H23NO. The van der Waals surface area contributed by atoms with Gasteiger partial charge in [0.05, 0.1) is 5.60 Å². The predicted molar refractivity (Wildman–Crippen MR) is 71.0 cm³/mol. The summed E-state index contributed by atoms with van der Waals surface area (Å²) in [5.74, 6) is 0. The van der Waals surface area contributed by atoms with Crippen LogP contribution in [0.5, 0.6) is 0 Å². The van der Waals surface area contributed by atoms with Gasteiger partial charge in [0.15, 0.2) is 0 Å². The lowest BCUT2D eigenvalue weighted by Crippen LogP contribution is -2.31. The monoisotopic (exact) mass is 233 g/mol. The van der Waals surface area contributed by atoms with Gasteiger partial charge in [-0.15, -0.1) is 0 Å². The second-order valence-electron chi connectivity index (χ2n) is 6.13. The zero-order valence-corrected chi connectivity index (χ0v) is 11.0. The highest BCUT2D eigenvalue weighted by molar-refractivity contribution is 5.35. The SMILES string of the molecule is CC(N)C1(c2ccc(CC(C)(C)O)cc2)CC1. The molecule has 94 valence electrons. The second kappa shape index (κ2) is 4.11. The Kier molecular flexibility index (Phi) is 3.04. The normalized spacial score (nSPS) is 20.1. The van der Waals surface area contributed by atoms with Gasteiger partial charge in [-0.1, -0.05) is 24.3 Å². The Morgan fingerprint density at radius 1 is 1.29 bits per heavy atom. The van der Waals surface area contributed by atoms with Crippen LogP contribution >= 0.6 is 0 Å². The number of aliphatic hydroxyl groups is 1. The smallest absolute Gasteiger partial charge is 0.0631 e. The van der Waals surface area contributed by atoms with Gasteiger partial charge in [0, 0.05) is 17.9 Å². The van der Waals surface area contributed by atoms with Crippen molar-refractivity contribution in [1.82, 2.24) is 0 Å². The molecule has 1 atom stereocenters. The van der Waals surface area contributed by atoms with Crippen LogP contribution in [0.15, 0.2) is 24.3 Å². The van der Waals surface area contributed by atoms with Gasteiger partial charge in [-0.25, -0.2) is 0 Å². The minimum Gasteiger partial charge on any atom is -0.390 e. The first kappa shape index (κ1) is 12.6. The highest BCUT2D eigenvalue weighted by Gasteiger charge is 2.47. The van der Waals surface area contributed by atoms with Crippen molar-refractivity contribution in [3.63, 3.8) is 0 Å². The van der Waals surface area contributed by atoms with E-state index in [1.54, 1.807) is 0 Å². The molecule has 1 aromatic rings. The molecule has 0 amide bonds. The van der Waals surface area contributed by atoms with E-state index in [0.717, 1.165) is 0 Å². The fraction of sp³-hybridized carbons (Fsp3) is 0.600. The summed E-state index contributed by atoms with van der Waals surface area (Å²) in [6.07, 6.45) is 3.10. The van der Waals surface area contributed by atoms with Gasteiger partial charge < -0.3 is 10.8 Å². The minimum atomic E-state index is -0.639. The van der Waals surface area contributed by atoms with Gasteiger partial charge in [-0.05, 0) is 44.7 Å². The van der Waals surface area contributed by atoms with Crippen LogP contribution in [0, 0.1) is 0 Å². The molecule has 0 saturated heterocycles. The van der Waals surface area contributed by atoms with Crippen LogP contribution in [-0.4, -0.2) is 16.7 Å². The minimum absolute atomic E-state index is 0.225. The molecule has 0 bridgehead atoms. The Morgan fingerprint density at radius 2 is 1.82 bits per heavy atom. The average molecular weight is 233 g/mol. The summed E-state index contributed by atoms with van der Waals surface area (Å²) in [5, 5.41) is 9.78. The van der Waals surface area contributed by atoms with E-state index < -0.39 is 5.60 Å². The first-order valence-electron chi connectivity index (χ1n) is 6.41. The molecule has 1 fully saturated rings. The first-order valence-corrected chi connectivity index (χ1v) is 6.41. The van der Waals surface area contributed by atoms with E-state index in [1.165, 1.54) is 24.0 Å². The van der Waals surface area contributed by atoms with Crippen LogP contribution < -0.4 is 5.73 Å². The average Bonchev–Trinajstić information content (AvgIpc) is 2.97. The summed E-state index contributed by atoms with van der Waals surface area (Å²) in [6.45, 7) is 5.77. The molecule has 0 radical (unpaired) electrons. The standard InChI is InChI=1S/C15H23NO/c1-11(16)15(8-9-15)13-6-4-12(5-7-13)10-14(2,3)17/h4-7,11,17H,8-10,16H2,1-3H3. The maximum atomic E-state index is 9.78. The van der Waals surface area contributed by atoms with Gasteiger partial charge in [0.1, 0.15) is 0 Å². The molecule has 1 saturated carbocycles. The van der Waals surface area contributed by atoms with Gasteiger partial charge in [0.2, 0.25) is 0 Å². The highest BCUT2D eigenvalue weighted by Crippen LogP contribution is 2.50. The van der Waals surface area contributed by atoms with Gasteiger partial charge in [-0.3, -0.25) is 0 Å². The number of hydrogen-bond acceptors (Lipinski definition) is 2. The summed E-state index contributed by atoms with van der Waals surface area (Å²) >= 11 is 0. The molecule has 3 N–H and O–H groups in total. The molecule has 1 aliphatic carbocycles. The van der Waals surface area contributed by atoms with E-state index in [2.05, 4.69) is 31.2 Å². The summed E-state index contributed by atoms with van der Waals surface area (Å²) in [5.41, 5.74) is 8.19. The third kappa shape index (κ3) is 2.70. The maximum absolute atomic E-state index is 9.78. The van der Waals surface area contributed by atoms with Crippen LogP contribution in [0.1, 0.15) is 44.7 Å². The largest absolute Gasteiger partial charge is 0.390 e.